The monoisotopic (exact) mass is 399 g/mol. The number of carbonyl (C=O) groups excluding carboxylic acids is 1. The molecule has 2 aromatic rings. The third-order valence-corrected chi connectivity index (χ3v) is 5.70. The average molecular weight is 399 g/mol. The molecule has 1 saturated heterocycles. The van der Waals surface area contributed by atoms with Crippen LogP contribution in [0.1, 0.15) is 35.9 Å². The minimum atomic E-state index is -3.21. The number of carbonyl (C=O) groups is 1. The summed E-state index contributed by atoms with van der Waals surface area (Å²) < 4.78 is 28.6. The molecule has 1 aromatic heterocycles. The van der Waals surface area contributed by atoms with Crippen LogP contribution in [0.15, 0.2) is 47.5 Å². The zero-order chi connectivity index (χ0) is 19.9. The number of para-hydroxylation sites is 1. The van der Waals surface area contributed by atoms with Gasteiger partial charge in [0.05, 0.1) is 0 Å². The molecule has 2 fully saturated rings. The van der Waals surface area contributed by atoms with Gasteiger partial charge in [-0.05, 0) is 30.5 Å². The highest BCUT2D eigenvalue weighted by atomic mass is 32.2. The van der Waals surface area contributed by atoms with Crippen molar-refractivity contribution >= 4 is 15.7 Å². The Kier molecular flexibility index (Phi) is 4.45. The minimum Gasteiger partial charge on any atom is -0.438 e. The predicted octanol–water partition coefficient (Wildman–Crippen LogP) is 2.70. The smallest absolute Gasteiger partial charge is 0.261 e. The Morgan fingerprint density at radius 3 is 2.50 bits per heavy atom. The van der Waals surface area contributed by atoms with Gasteiger partial charge in [0.25, 0.3) is 5.91 Å². The van der Waals surface area contributed by atoms with Gasteiger partial charge in [-0.15, -0.1) is 0 Å². The number of sulfone groups is 1. The van der Waals surface area contributed by atoms with Crippen LogP contribution in [0.2, 0.25) is 0 Å². The highest BCUT2D eigenvalue weighted by Crippen LogP contribution is 2.46. The van der Waals surface area contributed by atoms with E-state index >= 15 is 0 Å². The van der Waals surface area contributed by atoms with E-state index in [0.717, 1.165) is 19.1 Å². The number of ether oxygens (including phenoxy) is 1. The first-order valence-corrected chi connectivity index (χ1v) is 11.0. The van der Waals surface area contributed by atoms with E-state index in [2.05, 4.69) is 16.9 Å². The van der Waals surface area contributed by atoms with Crippen LogP contribution < -0.4 is 4.74 Å². The van der Waals surface area contributed by atoms with E-state index < -0.39 is 9.84 Å². The Morgan fingerprint density at radius 2 is 1.89 bits per heavy atom. The van der Waals surface area contributed by atoms with E-state index in [1.165, 1.54) is 11.6 Å². The van der Waals surface area contributed by atoms with Crippen LogP contribution in [0.4, 0.5) is 0 Å². The SMILES string of the molecule is CC1(c2ncc(C(=O)N3CC(=CS(C)(=O)=O)C3)c(Oc3ccccc3)n2)CC1. The fraction of sp³-hybridized carbons (Fsp3) is 0.350. The van der Waals surface area contributed by atoms with Crippen LogP contribution in [-0.2, 0) is 15.3 Å². The molecule has 1 amide bonds. The van der Waals surface area contributed by atoms with Crippen LogP contribution in [-0.4, -0.2) is 48.5 Å². The van der Waals surface area contributed by atoms with Crippen molar-refractivity contribution in [3.63, 3.8) is 0 Å². The van der Waals surface area contributed by atoms with Crippen LogP contribution in [0.5, 0.6) is 11.6 Å². The molecule has 2 aliphatic rings. The zero-order valence-electron chi connectivity index (χ0n) is 15.8. The number of nitrogens with zero attached hydrogens (tertiary/aromatic N) is 3. The molecule has 0 radical (unpaired) electrons. The second-order valence-electron chi connectivity index (χ2n) is 7.66. The van der Waals surface area contributed by atoms with Crippen molar-refractivity contribution in [2.45, 2.75) is 25.2 Å². The Balaban J connectivity index is 1.61. The molecule has 0 unspecified atom stereocenters. The first kappa shape index (κ1) is 18.6. The second-order valence-corrected chi connectivity index (χ2v) is 9.55. The molecule has 1 aliphatic heterocycles. The molecule has 0 atom stereocenters. The Morgan fingerprint density at radius 1 is 1.21 bits per heavy atom. The molecule has 1 aromatic carbocycles. The zero-order valence-corrected chi connectivity index (χ0v) is 16.6. The number of amides is 1. The van der Waals surface area contributed by atoms with Crippen LogP contribution in [0.25, 0.3) is 0 Å². The summed E-state index contributed by atoms with van der Waals surface area (Å²) in [6.45, 7) is 2.64. The van der Waals surface area contributed by atoms with E-state index in [4.69, 9.17) is 4.74 Å². The van der Waals surface area contributed by atoms with Crippen LogP contribution >= 0.6 is 0 Å². The maximum Gasteiger partial charge on any atom is 0.261 e. The summed E-state index contributed by atoms with van der Waals surface area (Å²) in [4.78, 5) is 23.4. The second kappa shape index (κ2) is 6.70. The van der Waals surface area contributed by atoms with E-state index in [0.29, 0.717) is 17.1 Å². The Hall–Kier alpha value is -2.74. The molecule has 146 valence electrons. The maximum atomic E-state index is 12.9. The molecular formula is C20H21N3O4S. The Bertz CT molecular complexity index is 1050. The first-order valence-electron chi connectivity index (χ1n) is 9.03. The van der Waals surface area contributed by atoms with Gasteiger partial charge < -0.3 is 9.64 Å². The number of hydrogen-bond acceptors (Lipinski definition) is 6. The molecule has 4 rings (SSSR count). The van der Waals surface area contributed by atoms with Gasteiger partial charge in [0, 0.05) is 36.4 Å². The standard InChI is InChI=1S/C20H21N3O4S/c1-20(8-9-20)19-21-10-16(17(22-19)27-15-6-4-3-5-7-15)18(24)23-11-14(12-23)13-28(2,25)26/h3-7,10,13H,8-9,11-12H2,1-2H3. The molecular weight excluding hydrogens is 378 g/mol. The molecule has 1 saturated carbocycles. The van der Waals surface area contributed by atoms with Gasteiger partial charge in [0.15, 0.2) is 9.84 Å². The van der Waals surface area contributed by atoms with Crippen molar-refractivity contribution in [2.75, 3.05) is 19.3 Å². The molecule has 7 nitrogen and oxygen atoms in total. The number of hydrogen-bond donors (Lipinski definition) is 0. The van der Waals surface area contributed by atoms with E-state index in [1.807, 2.05) is 18.2 Å². The molecule has 8 heteroatoms. The molecule has 0 spiro atoms. The van der Waals surface area contributed by atoms with Crippen molar-refractivity contribution in [1.29, 1.82) is 0 Å². The van der Waals surface area contributed by atoms with Gasteiger partial charge in [-0.1, -0.05) is 25.1 Å². The Labute approximate surface area is 164 Å². The van der Waals surface area contributed by atoms with Gasteiger partial charge in [0.2, 0.25) is 5.88 Å². The lowest BCUT2D eigenvalue weighted by Crippen LogP contribution is -2.45. The maximum absolute atomic E-state index is 12.9. The van der Waals surface area contributed by atoms with E-state index in [1.54, 1.807) is 17.0 Å². The fourth-order valence-electron chi connectivity index (χ4n) is 3.03. The van der Waals surface area contributed by atoms with E-state index in [9.17, 15) is 13.2 Å². The van der Waals surface area contributed by atoms with Gasteiger partial charge in [0.1, 0.15) is 17.1 Å². The normalized spacial score (nSPS) is 17.6. The van der Waals surface area contributed by atoms with Crippen molar-refractivity contribution in [3.05, 3.63) is 58.9 Å². The van der Waals surface area contributed by atoms with E-state index in [-0.39, 0.29) is 35.9 Å². The predicted molar refractivity (Wildman–Crippen MR) is 104 cm³/mol. The van der Waals surface area contributed by atoms with Gasteiger partial charge in [-0.2, -0.15) is 4.98 Å². The molecule has 0 bridgehead atoms. The lowest BCUT2D eigenvalue weighted by Gasteiger charge is -2.34. The lowest BCUT2D eigenvalue weighted by molar-refractivity contribution is 0.0723. The van der Waals surface area contributed by atoms with Crippen molar-refractivity contribution < 1.29 is 17.9 Å². The largest absolute Gasteiger partial charge is 0.438 e. The summed E-state index contributed by atoms with van der Waals surface area (Å²) in [6, 6.07) is 9.17. The highest BCUT2D eigenvalue weighted by Gasteiger charge is 2.43. The van der Waals surface area contributed by atoms with Crippen LogP contribution in [0.3, 0.4) is 0 Å². The highest BCUT2D eigenvalue weighted by molar-refractivity contribution is 7.93. The van der Waals surface area contributed by atoms with Gasteiger partial charge in [-0.25, -0.2) is 13.4 Å². The molecule has 1 aliphatic carbocycles. The third-order valence-electron chi connectivity index (χ3n) is 4.94. The first-order chi connectivity index (χ1) is 13.2. The number of benzene rings is 1. The number of likely N-dealkylation sites (tertiary alicyclic amines) is 1. The quantitative estimate of drug-likeness (QED) is 0.768. The van der Waals surface area contributed by atoms with Gasteiger partial charge in [-0.3, -0.25) is 4.79 Å². The summed E-state index contributed by atoms with van der Waals surface area (Å²) in [5.41, 5.74) is 0.915. The van der Waals surface area contributed by atoms with Crippen LogP contribution in [0, 0.1) is 0 Å². The molecule has 28 heavy (non-hydrogen) atoms. The van der Waals surface area contributed by atoms with Crippen molar-refractivity contribution in [1.82, 2.24) is 14.9 Å². The fourth-order valence-corrected chi connectivity index (χ4v) is 3.78. The average Bonchev–Trinajstić information content (AvgIpc) is 3.36. The summed E-state index contributed by atoms with van der Waals surface area (Å²) >= 11 is 0. The summed E-state index contributed by atoms with van der Waals surface area (Å²) in [5.74, 6) is 1.22. The van der Waals surface area contributed by atoms with Crippen molar-refractivity contribution in [3.8, 4) is 11.6 Å². The topological polar surface area (TPSA) is 89.5 Å². The van der Waals surface area contributed by atoms with Crippen molar-refractivity contribution in [2.24, 2.45) is 0 Å². The summed E-state index contributed by atoms with van der Waals surface area (Å²) in [6.07, 6.45) is 4.68. The molecule has 0 N–H and O–H groups in total. The number of rotatable bonds is 5. The summed E-state index contributed by atoms with van der Waals surface area (Å²) in [5, 5.41) is 1.21. The third kappa shape index (κ3) is 3.91. The molecule has 2 heterocycles. The number of aromatic nitrogens is 2. The lowest BCUT2D eigenvalue weighted by atomic mass is 10.1. The van der Waals surface area contributed by atoms with Gasteiger partial charge >= 0.3 is 0 Å². The summed E-state index contributed by atoms with van der Waals surface area (Å²) in [7, 11) is -3.21. The minimum absolute atomic E-state index is 0.0570.